The van der Waals surface area contributed by atoms with Crippen molar-refractivity contribution in [2.24, 2.45) is 41.4 Å². The molecule has 15 heteroatoms. The highest BCUT2D eigenvalue weighted by molar-refractivity contribution is 6.39. The second kappa shape index (κ2) is 28.9. The molecular formula is C56H89NO14. The van der Waals surface area contributed by atoms with Crippen LogP contribution in [0.2, 0.25) is 0 Å². The van der Waals surface area contributed by atoms with Gasteiger partial charge in [0.25, 0.3) is 11.7 Å². The van der Waals surface area contributed by atoms with Crippen molar-refractivity contribution < 1.29 is 67.7 Å². The van der Waals surface area contributed by atoms with Crippen molar-refractivity contribution in [2.75, 3.05) is 40.6 Å². The van der Waals surface area contributed by atoms with E-state index in [2.05, 4.69) is 0 Å². The molecule has 0 aromatic rings. The van der Waals surface area contributed by atoms with Gasteiger partial charge in [0.05, 0.1) is 44.2 Å². The quantitative estimate of drug-likeness (QED) is 0.0810. The van der Waals surface area contributed by atoms with Gasteiger partial charge in [-0.15, -0.1) is 0 Å². The first-order valence-corrected chi connectivity index (χ1v) is 26.4. The summed E-state index contributed by atoms with van der Waals surface area (Å²) in [6.07, 6.45) is 12.1. The fourth-order valence-corrected chi connectivity index (χ4v) is 10.9. The molecule has 2 saturated heterocycles. The number of rotatable bonds is 11. The van der Waals surface area contributed by atoms with E-state index in [-0.39, 0.29) is 92.4 Å². The minimum absolute atomic E-state index is 0.0272. The van der Waals surface area contributed by atoms with Gasteiger partial charge < -0.3 is 48.6 Å². The topological polar surface area (TPSA) is 205 Å². The molecule has 3 fully saturated rings. The molecule has 402 valence electrons. The Balaban J connectivity index is 1.72. The Labute approximate surface area is 424 Å². The van der Waals surface area contributed by atoms with Crippen molar-refractivity contribution in [3.63, 3.8) is 0 Å². The van der Waals surface area contributed by atoms with Crippen molar-refractivity contribution in [2.45, 2.75) is 194 Å². The van der Waals surface area contributed by atoms with Gasteiger partial charge in [-0.2, -0.15) is 0 Å². The number of allylic oxidation sites excluding steroid dienone is 6. The number of Topliss-reactive ketones (excluding diaryl/α,β-unsaturated/α-hetero) is 3. The number of esters is 1. The van der Waals surface area contributed by atoms with E-state index >= 15 is 0 Å². The summed E-state index contributed by atoms with van der Waals surface area (Å²) < 4.78 is 36.3. The first kappa shape index (κ1) is 60.1. The van der Waals surface area contributed by atoms with E-state index in [4.69, 9.17) is 28.4 Å². The van der Waals surface area contributed by atoms with Crippen LogP contribution in [0.4, 0.5) is 0 Å². The van der Waals surface area contributed by atoms with E-state index in [0.717, 1.165) is 19.3 Å². The number of piperidine rings is 1. The van der Waals surface area contributed by atoms with Gasteiger partial charge in [-0.05, 0) is 121 Å². The van der Waals surface area contributed by atoms with E-state index in [0.29, 0.717) is 56.3 Å². The lowest BCUT2D eigenvalue weighted by Crippen LogP contribution is -2.61. The molecule has 1 aliphatic carbocycles. The average Bonchev–Trinajstić information content (AvgIpc) is 3.33. The summed E-state index contributed by atoms with van der Waals surface area (Å²) in [6, 6.07) is -1.15. The number of carbonyl (C=O) groups excluding carboxylic acids is 5. The van der Waals surface area contributed by atoms with Gasteiger partial charge in [0.15, 0.2) is 5.78 Å². The molecular weight excluding hydrogens is 911 g/mol. The van der Waals surface area contributed by atoms with E-state index in [1.165, 1.54) is 12.0 Å². The van der Waals surface area contributed by atoms with Crippen molar-refractivity contribution in [3.05, 3.63) is 47.6 Å². The maximum atomic E-state index is 14.6. The van der Waals surface area contributed by atoms with Crippen molar-refractivity contribution in [1.82, 2.24) is 4.90 Å². The van der Waals surface area contributed by atoms with Crippen molar-refractivity contribution in [3.8, 4) is 0 Å². The number of ketones is 3. The zero-order valence-electron chi connectivity index (χ0n) is 44.7. The normalized spacial score (nSPS) is 38.1. The second-order valence-electron chi connectivity index (χ2n) is 21.5. The number of aliphatic hydroxyl groups is 3. The highest BCUT2D eigenvalue weighted by atomic mass is 16.6. The van der Waals surface area contributed by atoms with Crippen LogP contribution in [0.5, 0.6) is 0 Å². The smallest absolute Gasteiger partial charge is 0.329 e. The molecule has 0 spiro atoms. The molecule has 15 atom stereocenters. The third kappa shape index (κ3) is 17.1. The Bertz CT molecular complexity index is 1880. The lowest BCUT2D eigenvalue weighted by molar-refractivity contribution is -0.265. The Kier molecular flexibility index (Phi) is 24.5. The molecule has 3 aliphatic heterocycles. The third-order valence-corrected chi connectivity index (χ3v) is 15.3. The van der Waals surface area contributed by atoms with Crippen LogP contribution in [0.15, 0.2) is 47.6 Å². The van der Waals surface area contributed by atoms with Gasteiger partial charge in [0.1, 0.15) is 30.1 Å². The average molecular weight is 1000 g/mol. The second-order valence-corrected chi connectivity index (χ2v) is 21.5. The maximum absolute atomic E-state index is 14.6. The molecule has 4 rings (SSSR count). The predicted molar refractivity (Wildman–Crippen MR) is 270 cm³/mol. The number of carbonyl (C=O) groups is 5. The molecule has 15 nitrogen and oxygen atoms in total. The lowest BCUT2D eigenvalue weighted by atomic mass is 9.75. The SMILES string of the molecule is CO[C@@H]1C[C@H](C[C@@H](C)[C@@H]2CC(=O)[C@H](C)/C=C(\C)[C@@H](OC(C)C)[C@@H](OC)C(=O)[C@H](C)C[C@H](C)/C=C/C=C/C=C(\C)[C@@H](O)C[C@@H]3CC[C@@H](C)[C@@](O)(O3)C(=O)C(=O)N3CCCC[C@H]3C(=O)O2)CC[C@H]1COCCO. The van der Waals surface area contributed by atoms with Crippen LogP contribution in [-0.4, -0.2) is 145 Å². The summed E-state index contributed by atoms with van der Waals surface area (Å²) in [7, 11) is 3.17. The Hall–Kier alpha value is -3.41. The molecule has 0 aromatic carbocycles. The van der Waals surface area contributed by atoms with Crippen LogP contribution in [0, 0.1) is 41.4 Å². The third-order valence-electron chi connectivity index (χ3n) is 15.3. The highest BCUT2D eigenvalue weighted by Crippen LogP contribution is 2.38. The highest BCUT2D eigenvalue weighted by Gasteiger charge is 2.53. The number of methoxy groups -OCH3 is 2. The van der Waals surface area contributed by atoms with Gasteiger partial charge in [-0.25, -0.2) is 4.79 Å². The van der Waals surface area contributed by atoms with Gasteiger partial charge in [0, 0.05) is 57.3 Å². The zero-order valence-corrected chi connectivity index (χ0v) is 44.7. The summed E-state index contributed by atoms with van der Waals surface area (Å²) in [5.41, 5.74) is 1.29. The van der Waals surface area contributed by atoms with Crippen LogP contribution in [0.1, 0.15) is 139 Å². The Morgan fingerprint density at radius 3 is 2.27 bits per heavy atom. The van der Waals surface area contributed by atoms with Crippen molar-refractivity contribution >= 4 is 29.2 Å². The van der Waals surface area contributed by atoms with Crippen molar-refractivity contribution in [1.29, 1.82) is 0 Å². The number of aliphatic hydroxyl groups excluding tert-OH is 2. The van der Waals surface area contributed by atoms with Crippen LogP contribution in [0.25, 0.3) is 0 Å². The molecule has 1 saturated carbocycles. The molecule has 71 heavy (non-hydrogen) atoms. The molecule has 4 aliphatic rings. The number of fused-ring (bicyclic) bond motifs is 3. The first-order chi connectivity index (χ1) is 33.6. The molecule has 2 bridgehead atoms. The molecule has 1 amide bonds. The standard InChI is InChI=1S/C56H89NO14/c1-34(2)69-51-40(8)28-37(5)47(60)32-48(38(6)29-42-21-22-43(33-68-26-25-58)49(30-42)66-10)70-55(64)45-19-15-16-24-57(45)54(63)53(62)56(65)41(9)20-23-44(71-56)31-46(59)36(4)18-14-12-13-17-35(3)27-39(7)50(61)52(51)67-11/h12-14,17-18,28,34-35,37-39,41-46,48-49,51-52,58-59,65H,15-16,19-27,29-33H2,1-11H3/b14-12+,17-13+,36-18+,40-28+/t35-,37-,38-,39-,41-,42+,43+,44+,45+,46+,48+,49-,51-,52+,56-/m1/s1. The summed E-state index contributed by atoms with van der Waals surface area (Å²) in [5, 5.41) is 32.4. The number of hydrogen-bond donors (Lipinski definition) is 3. The number of cyclic esters (lactones) is 1. The minimum atomic E-state index is -2.48. The number of amides is 1. The maximum Gasteiger partial charge on any atom is 0.329 e. The van der Waals surface area contributed by atoms with E-state index < -0.39 is 71.8 Å². The van der Waals surface area contributed by atoms with Gasteiger partial charge in [-0.1, -0.05) is 71.1 Å². The van der Waals surface area contributed by atoms with Gasteiger partial charge >= 0.3 is 5.97 Å². The summed E-state index contributed by atoms with van der Waals surface area (Å²) >= 11 is 0. The van der Waals surface area contributed by atoms with Crippen LogP contribution >= 0.6 is 0 Å². The monoisotopic (exact) mass is 1000 g/mol. The van der Waals surface area contributed by atoms with E-state index in [1.807, 2.05) is 59.8 Å². The predicted octanol–water partition coefficient (Wildman–Crippen LogP) is 7.22. The van der Waals surface area contributed by atoms with Crippen LogP contribution in [-0.2, 0) is 52.4 Å². The Morgan fingerprint density at radius 2 is 1.59 bits per heavy atom. The molecule has 3 N–H and O–H groups in total. The van der Waals surface area contributed by atoms with Crippen LogP contribution in [0.3, 0.4) is 0 Å². The fourth-order valence-electron chi connectivity index (χ4n) is 10.9. The van der Waals surface area contributed by atoms with Gasteiger partial charge in [-0.3, -0.25) is 19.2 Å². The number of nitrogens with zero attached hydrogens (tertiary/aromatic N) is 1. The zero-order chi connectivity index (χ0) is 52.6. The summed E-state index contributed by atoms with van der Waals surface area (Å²) in [4.78, 5) is 72.9. The van der Waals surface area contributed by atoms with E-state index in [9.17, 15) is 39.3 Å². The number of hydrogen-bond acceptors (Lipinski definition) is 14. The van der Waals surface area contributed by atoms with Gasteiger partial charge in [0.2, 0.25) is 5.79 Å². The molecule has 0 unspecified atom stereocenters. The number of ether oxygens (including phenoxy) is 6. The molecule has 0 radical (unpaired) electrons. The van der Waals surface area contributed by atoms with Crippen LogP contribution < -0.4 is 0 Å². The minimum Gasteiger partial charge on any atom is -0.460 e. The largest absolute Gasteiger partial charge is 0.460 e. The molecule has 0 aromatic heterocycles. The summed E-state index contributed by atoms with van der Waals surface area (Å²) in [5.74, 6) is -7.51. The fraction of sp³-hybridized carbons (Fsp3) is 0.768. The summed E-state index contributed by atoms with van der Waals surface area (Å²) in [6.45, 7) is 17.4. The first-order valence-electron chi connectivity index (χ1n) is 26.4. The van der Waals surface area contributed by atoms with E-state index in [1.54, 1.807) is 46.1 Å². The Morgan fingerprint density at radius 1 is 0.859 bits per heavy atom. The lowest BCUT2D eigenvalue weighted by Gasteiger charge is -2.42. The molecule has 3 heterocycles.